The molecule has 0 aliphatic heterocycles. The lowest BCUT2D eigenvalue weighted by Gasteiger charge is -2.11. The number of benzene rings is 1. The second-order valence-electron chi connectivity index (χ2n) is 4.21. The average Bonchev–Trinajstić information content (AvgIpc) is 2.34. The third-order valence-corrected chi connectivity index (χ3v) is 2.57. The fourth-order valence-corrected chi connectivity index (χ4v) is 1.38. The van der Waals surface area contributed by atoms with E-state index in [1.165, 1.54) is 0 Å². The molecule has 0 aliphatic carbocycles. The maximum Gasteiger partial charge on any atom is 0.251 e. The van der Waals surface area contributed by atoms with Crippen LogP contribution < -0.4 is 16.4 Å². The number of carbonyl (C=O) groups is 1. The van der Waals surface area contributed by atoms with Crippen molar-refractivity contribution in [2.45, 2.75) is 19.9 Å². The van der Waals surface area contributed by atoms with Crippen LogP contribution in [0.1, 0.15) is 22.8 Å². The molecule has 0 heterocycles. The van der Waals surface area contributed by atoms with Crippen molar-refractivity contribution in [3.8, 4) is 0 Å². The summed E-state index contributed by atoms with van der Waals surface area (Å²) in [4.78, 5) is 11.7. The summed E-state index contributed by atoms with van der Waals surface area (Å²) in [6.45, 7) is 5.96. The van der Waals surface area contributed by atoms with Crippen molar-refractivity contribution in [3.63, 3.8) is 0 Å². The zero-order chi connectivity index (χ0) is 12.7. The molecule has 1 atom stereocenters. The van der Waals surface area contributed by atoms with Crippen LogP contribution in [0.5, 0.6) is 0 Å². The lowest BCUT2D eigenvalue weighted by atomic mass is 10.1. The van der Waals surface area contributed by atoms with Crippen LogP contribution in [0.3, 0.4) is 0 Å². The highest BCUT2D eigenvalue weighted by molar-refractivity contribution is 5.94. The Morgan fingerprint density at radius 3 is 2.53 bits per heavy atom. The van der Waals surface area contributed by atoms with E-state index in [1.54, 1.807) is 0 Å². The zero-order valence-corrected chi connectivity index (χ0v) is 10.5. The molecule has 0 radical (unpaired) electrons. The molecule has 0 spiro atoms. The number of rotatable bonds is 6. The summed E-state index contributed by atoms with van der Waals surface area (Å²) in [7, 11) is 0. The Balaban J connectivity index is 2.28. The third-order valence-electron chi connectivity index (χ3n) is 2.57. The zero-order valence-electron chi connectivity index (χ0n) is 10.5. The Hall–Kier alpha value is -1.39. The number of carbonyl (C=O) groups excluding carboxylic acids is 1. The highest BCUT2D eigenvalue weighted by Crippen LogP contribution is 2.02. The standard InChI is InChI=1S/C13H21N3O/c1-10-3-5-12(6-4-10)13(17)16-8-7-15-11(2)9-14/h3-6,11,15H,7-9,14H2,1-2H3,(H,16,17). The summed E-state index contributed by atoms with van der Waals surface area (Å²) in [6, 6.07) is 7.82. The summed E-state index contributed by atoms with van der Waals surface area (Å²) in [5, 5.41) is 6.06. The van der Waals surface area contributed by atoms with E-state index in [0.717, 1.165) is 12.1 Å². The molecule has 94 valence electrons. The molecule has 0 fully saturated rings. The number of aryl methyl sites for hydroxylation is 1. The van der Waals surface area contributed by atoms with Crippen molar-refractivity contribution < 1.29 is 4.79 Å². The topological polar surface area (TPSA) is 67.2 Å². The first-order valence-electron chi connectivity index (χ1n) is 5.92. The number of hydrogen-bond acceptors (Lipinski definition) is 3. The molecule has 0 aromatic heterocycles. The van der Waals surface area contributed by atoms with Gasteiger partial charge in [0.2, 0.25) is 0 Å². The Bertz CT molecular complexity index is 348. The lowest BCUT2D eigenvalue weighted by Crippen LogP contribution is -2.39. The van der Waals surface area contributed by atoms with Crippen LogP contribution in [0.2, 0.25) is 0 Å². The van der Waals surface area contributed by atoms with Gasteiger partial charge in [-0.2, -0.15) is 0 Å². The summed E-state index contributed by atoms with van der Waals surface area (Å²) < 4.78 is 0. The molecule has 1 amide bonds. The van der Waals surface area contributed by atoms with Crippen LogP contribution in [0, 0.1) is 6.92 Å². The molecule has 0 saturated heterocycles. The van der Waals surface area contributed by atoms with Gasteiger partial charge in [0, 0.05) is 31.2 Å². The maximum atomic E-state index is 11.7. The smallest absolute Gasteiger partial charge is 0.251 e. The molecule has 4 N–H and O–H groups in total. The van der Waals surface area contributed by atoms with E-state index in [2.05, 4.69) is 10.6 Å². The van der Waals surface area contributed by atoms with E-state index >= 15 is 0 Å². The summed E-state index contributed by atoms with van der Waals surface area (Å²) >= 11 is 0. The molecule has 0 bridgehead atoms. The predicted octanol–water partition coefficient (Wildman–Crippen LogP) is 0.662. The van der Waals surface area contributed by atoms with Crippen molar-refractivity contribution in [3.05, 3.63) is 35.4 Å². The normalized spacial score (nSPS) is 12.2. The van der Waals surface area contributed by atoms with E-state index in [-0.39, 0.29) is 11.9 Å². The van der Waals surface area contributed by atoms with E-state index in [0.29, 0.717) is 18.7 Å². The maximum absolute atomic E-state index is 11.7. The minimum Gasteiger partial charge on any atom is -0.351 e. The van der Waals surface area contributed by atoms with Crippen molar-refractivity contribution in [1.82, 2.24) is 10.6 Å². The van der Waals surface area contributed by atoms with Crippen molar-refractivity contribution >= 4 is 5.91 Å². The number of nitrogens with two attached hydrogens (primary N) is 1. The monoisotopic (exact) mass is 235 g/mol. The van der Waals surface area contributed by atoms with Gasteiger partial charge in [0.1, 0.15) is 0 Å². The molecule has 0 aliphatic rings. The van der Waals surface area contributed by atoms with E-state index in [9.17, 15) is 4.79 Å². The SMILES string of the molecule is Cc1ccc(C(=O)NCCNC(C)CN)cc1. The quantitative estimate of drug-likeness (QED) is 0.635. The van der Waals surface area contributed by atoms with Gasteiger partial charge in [-0.15, -0.1) is 0 Å². The van der Waals surface area contributed by atoms with E-state index in [1.807, 2.05) is 38.1 Å². The number of nitrogens with one attached hydrogen (secondary N) is 2. The Morgan fingerprint density at radius 2 is 1.94 bits per heavy atom. The number of amides is 1. The van der Waals surface area contributed by atoms with Gasteiger partial charge in [0.25, 0.3) is 5.91 Å². The molecule has 0 saturated carbocycles. The second-order valence-corrected chi connectivity index (χ2v) is 4.21. The van der Waals surface area contributed by atoms with Gasteiger partial charge in [-0.05, 0) is 26.0 Å². The van der Waals surface area contributed by atoms with Crippen LogP contribution in [0.4, 0.5) is 0 Å². The van der Waals surface area contributed by atoms with Gasteiger partial charge >= 0.3 is 0 Å². The largest absolute Gasteiger partial charge is 0.351 e. The highest BCUT2D eigenvalue weighted by Gasteiger charge is 2.03. The van der Waals surface area contributed by atoms with Gasteiger partial charge in [-0.3, -0.25) is 4.79 Å². The van der Waals surface area contributed by atoms with Crippen LogP contribution in [-0.2, 0) is 0 Å². The molecule has 1 aromatic rings. The van der Waals surface area contributed by atoms with Crippen LogP contribution >= 0.6 is 0 Å². The molecule has 17 heavy (non-hydrogen) atoms. The summed E-state index contributed by atoms with van der Waals surface area (Å²) in [5.41, 5.74) is 7.32. The third kappa shape index (κ3) is 4.97. The molecule has 1 unspecified atom stereocenters. The van der Waals surface area contributed by atoms with Gasteiger partial charge in [-0.25, -0.2) is 0 Å². The molecular formula is C13H21N3O. The van der Waals surface area contributed by atoms with Gasteiger partial charge in [-0.1, -0.05) is 17.7 Å². The van der Waals surface area contributed by atoms with Crippen LogP contribution in [0.25, 0.3) is 0 Å². The Labute approximate surface area is 103 Å². The molecule has 4 nitrogen and oxygen atoms in total. The fraction of sp³-hybridized carbons (Fsp3) is 0.462. The minimum atomic E-state index is -0.0350. The number of hydrogen-bond donors (Lipinski definition) is 3. The molecule has 1 aromatic carbocycles. The average molecular weight is 235 g/mol. The van der Waals surface area contributed by atoms with Crippen LogP contribution in [0.15, 0.2) is 24.3 Å². The second kappa shape index (κ2) is 7.04. The fourth-order valence-electron chi connectivity index (χ4n) is 1.38. The van der Waals surface area contributed by atoms with E-state index in [4.69, 9.17) is 5.73 Å². The molecular weight excluding hydrogens is 214 g/mol. The first-order chi connectivity index (χ1) is 8.13. The van der Waals surface area contributed by atoms with Crippen molar-refractivity contribution in [2.75, 3.05) is 19.6 Å². The Kier molecular flexibility index (Phi) is 5.66. The van der Waals surface area contributed by atoms with E-state index < -0.39 is 0 Å². The van der Waals surface area contributed by atoms with Crippen LogP contribution in [-0.4, -0.2) is 31.6 Å². The summed E-state index contributed by atoms with van der Waals surface area (Å²) in [6.07, 6.45) is 0. The lowest BCUT2D eigenvalue weighted by molar-refractivity contribution is 0.0953. The molecule has 1 rings (SSSR count). The minimum absolute atomic E-state index is 0.0350. The first-order valence-corrected chi connectivity index (χ1v) is 5.92. The summed E-state index contributed by atoms with van der Waals surface area (Å²) in [5.74, 6) is -0.0350. The highest BCUT2D eigenvalue weighted by atomic mass is 16.1. The van der Waals surface area contributed by atoms with Gasteiger partial charge in [0.15, 0.2) is 0 Å². The van der Waals surface area contributed by atoms with Crippen molar-refractivity contribution in [1.29, 1.82) is 0 Å². The predicted molar refractivity (Wildman–Crippen MR) is 70.0 cm³/mol. The van der Waals surface area contributed by atoms with Gasteiger partial charge in [0.05, 0.1) is 0 Å². The first kappa shape index (κ1) is 13.7. The molecule has 4 heteroatoms. The Morgan fingerprint density at radius 1 is 1.29 bits per heavy atom. The van der Waals surface area contributed by atoms with Gasteiger partial charge < -0.3 is 16.4 Å². The van der Waals surface area contributed by atoms with Crippen molar-refractivity contribution in [2.24, 2.45) is 5.73 Å².